The molecule has 1 amide bonds. The van der Waals surface area contributed by atoms with Gasteiger partial charge in [0.25, 0.3) is 0 Å². The van der Waals surface area contributed by atoms with Crippen molar-refractivity contribution in [3.63, 3.8) is 0 Å². The van der Waals surface area contributed by atoms with Crippen molar-refractivity contribution in [1.29, 1.82) is 0 Å². The van der Waals surface area contributed by atoms with Crippen LogP contribution in [0.5, 0.6) is 0 Å². The summed E-state index contributed by atoms with van der Waals surface area (Å²) in [5, 5.41) is 13.5. The molecule has 2 heterocycles. The van der Waals surface area contributed by atoms with Gasteiger partial charge in [-0.3, -0.25) is 4.79 Å². The highest BCUT2D eigenvalue weighted by molar-refractivity contribution is 7.99. The van der Waals surface area contributed by atoms with E-state index in [2.05, 4.69) is 15.5 Å². The SMILES string of the molecule is O=C(CSc1nnnn1Cc1ccccc1)N1CCN(S(=O)(=O)/C=C/c2ccccc2)CC1. The molecule has 0 spiro atoms. The number of sulfonamides is 1. The molecule has 0 bridgehead atoms. The fourth-order valence-electron chi connectivity index (χ4n) is 3.38. The molecular weight excluding hydrogens is 460 g/mol. The number of piperazine rings is 1. The van der Waals surface area contributed by atoms with Gasteiger partial charge in [0.1, 0.15) is 0 Å². The maximum Gasteiger partial charge on any atom is 0.236 e. The van der Waals surface area contributed by atoms with Crippen molar-refractivity contribution in [1.82, 2.24) is 29.4 Å². The van der Waals surface area contributed by atoms with E-state index < -0.39 is 10.0 Å². The maximum absolute atomic E-state index is 12.7. The van der Waals surface area contributed by atoms with Crippen molar-refractivity contribution >= 4 is 33.8 Å². The third-order valence-electron chi connectivity index (χ3n) is 5.18. The Kier molecular flexibility index (Phi) is 7.53. The number of aromatic nitrogens is 4. The molecule has 0 atom stereocenters. The van der Waals surface area contributed by atoms with Gasteiger partial charge in [-0.25, -0.2) is 13.1 Å². The van der Waals surface area contributed by atoms with Gasteiger partial charge in [0.05, 0.1) is 12.3 Å². The molecule has 1 aromatic heterocycles. The lowest BCUT2D eigenvalue weighted by Gasteiger charge is -2.33. The van der Waals surface area contributed by atoms with Crippen LogP contribution in [0, 0.1) is 0 Å². The Labute approximate surface area is 197 Å². The summed E-state index contributed by atoms with van der Waals surface area (Å²) < 4.78 is 28.3. The van der Waals surface area contributed by atoms with E-state index in [4.69, 9.17) is 0 Å². The first-order valence-corrected chi connectivity index (χ1v) is 12.9. The Bertz CT molecular complexity index is 1190. The number of rotatable bonds is 8. The third-order valence-corrected chi connectivity index (χ3v) is 7.69. The molecule has 1 fully saturated rings. The average molecular weight is 485 g/mol. The lowest BCUT2D eigenvalue weighted by atomic mass is 10.2. The second-order valence-electron chi connectivity index (χ2n) is 7.43. The Hall–Kier alpha value is -3.02. The fourth-order valence-corrected chi connectivity index (χ4v) is 5.33. The largest absolute Gasteiger partial charge is 0.339 e. The number of carbonyl (C=O) groups excluding carboxylic acids is 1. The van der Waals surface area contributed by atoms with Crippen molar-refractivity contribution in [2.24, 2.45) is 0 Å². The highest BCUT2D eigenvalue weighted by atomic mass is 32.2. The van der Waals surface area contributed by atoms with E-state index >= 15 is 0 Å². The number of tetrazole rings is 1. The highest BCUT2D eigenvalue weighted by Gasteiger charge is 2.27. The molecule has 4 rings (SSSR count). The number of amides is 1. The maximum atomic E-state index is 12.7. The molecule has 11 heteroatoms. The first-order chi connectivity index (χ1) is 16.0. The molecule has 9 nitrogen and oxygen atoms in total. The van der Waals surface area contributed by atoms with Gasteiger partial charge in [-0.15, -0.1) is 5.10 Å². The van der Waals surface area contributed by atoms with Crippen molar-refractivity contribution in [2.75, 3.05) is 31.9 Å². The predicted octanol–water partition coefficient (Wildman–Crippen LogP) is 1.96. The van der Waals surface area contributed by atoms with E-state index in [1.54, 1.807) is 15.7 Å². The second kappa shape index (κ2) is 10.7. The van der Waals surface area contributed by atoms with Crippen LogP contribution in [0.15, 0.2) is 71.2 Å². The Morgan fingerprint density at radius 1 is 0.970 bits per heavy atom. The number of hydrogen-bond acceptors (Lipinski definition) is 7. The Morgan fingerprint density at radius 2 is 1.64 bits per heavy atom. The molecule has 33 heavy (non-hydrogen) atoms. The van der Waals surface area contributed by atoms with Gasteiger partial charge in [0, 0.05) is 31.6 Å². The second-order valence-corrected chi connectivity index (χ2v) is 10.2. The molecule has 0 N–H and O–H groups in total. The first kappa shape index (κ1) is 23.1. The summed E-state index contributed by atoms with van der Waals surface area (Å²) in [6, 6.07) is 19.1. The number of carbonyl (C=O) groups is 1. The minimum Gasteiger partial charge on any atom is -0.339 e. The van der Waals surface area contributed by atoms with Gasteiger partial charge >= 0.3 is 0 Å². The van der Waals surface area contributed by atoms with Crippen LogP contribution in [0.3, 0.4) is 0 Å². The minimum absolute atomic E-state index is 0.0638. The van der Waals surface area contributed by atoms with E-state index in [9.17, 15) is 13.2 Å². The molecule has 1 saturated heterocycles. The standard InChI is InChI=1S/C22H24N6O3S2/c29-21(18-32-22-23-24-25-28(22)17-20-9-5-2-6-10-20)26-12-14-27(15-13-26)33(30,31)16-11-19-7-3-1-4-8-19/h1-11,16H,12-15,17-18H2/b16-11+. The zero-order valence-electron chi connectivity index (χ0n) is 17.9. The number of nitrogens with zero attached hydrogens (tertiary/aromatic N) is 6. The van der Waals surface area contributed by atoms with E-state index in [-0.39, 0.29) is 24.7 Å². The van der Waals surface area contributed by atoms with Crippen LogP contribution in [-0.2, 0) is 21.4 Å². The number of hydrogen-bond donors (Lipinski definition) is 0. The first-order valence-electron chi connectivity index (χ1n) is 10.5. The van der Waals surface area contributed by atoms with E-state index in [1.165, 1.54) is 21.5 Å². The molecule has 172 valence electrons. The quantitative estimate of drug-likeness (QED) is 0.451. The lowest BCUT2D eigenvalue weighted by molar-refractivity contribution is -0.129. The molecule has 0 aliphatic carbocycles. The monoisotopic (exact) mass is 484 g/mol. The van der Waals surface area contributed by atoms with Gasteiger partial charge in [0.15, 0.2) is 0 Å². The molecule has 0 unspecified atom stereocenters. The van der Waals surface area contributed by atoms with Crippen LogP contribution in [0.2, 0.25) is 0 Å². The van der Waals surface area contributed by atoms with Crippen LogP contribution in [-0.4, -0.2) is 75.7 Å². The topological polar surface area (TPSA) is 101 Å². The van der Waals surface area contributed by atoms with Crippen LogP contribution >= 0.6 is 11.8 Å². The molecule has 0 radical (unpaired) electrons. The fraction of sp³-hybridized carbons (Fsp3) is 0.273. The molecule has 1 aliphatic heterocycles. The molecule has 1 aliphatic rings. The molecule has 2 aromatic carbocycles. The summed E-state index contributed by atoms with van der Waals surface area (Å²) in [4.78, 5) is 14.4. The Balaban J connectivity index is 1.27. The zero-order chi connectivity index (χ0) is 23.1. The van der Waals surface area contributed by atoms with Crippen molar-refractivity contribution in [2.45, 2.75) is 11.7 Å². The summed E-state index contributed by atoms with van der Waals surface area (Å²) in [6.07, 6.45) is 1.59. The highest BCUT2D eigenvalue weighted by Crippen LogP contribution is 2.17. The number of thioether (sulfide) groups is 1. The van der Waals surface area contributed by atoms with Gasteiger partial charge in [-0.1, -0.05) is 72.4 Å². The average Bonchev–Trinajstić information content (AvgIpc) is 3.29. The predicted molar refractivity (Wildman–Crippen MR) is 127 cm³/mol. The van der Waals surface area contributed by atoms with Gasteiger partial charge in [-0.05, 0) is 27.6 Å². The molecular formula is C22H24N6O3S2. The zero-order valence-corrected chi connectivity index (χ0v) is 19.5. The molecule has 3 aromatic rings. The lowest BCUT2D eigenvalue weighted by Crippen LogP contribution is -2.50. The van der Waals surface area contributed by atoms with Gasteiger partial charge in [-0.2, -0.15) is 4.31 Å². The smallest absolute Gasteiger partial charge is 0.236 e. The van der Waals surface area contributed by atoms with Gasteiger partial charge < -0.3 is 4.90 Å². The summed E-state index contributed by atoms with van der Waals surface area (Å²) >= 11 is 1.28. The molecule has 0 saturated carbocycles. The van der Waals surface area contributed by atoms with Crippen molar-refractivity contribution in [3.05, 3.63) is 77.2 Å². The van der Waals surface area contributed by atoms with E-state index in [0.29, 0.717) is 24.8 Å². The van der Waals surface area contributed by atoms with Crippen molar-refractivity contribution < 1.29 is 13.2 Å². The van der Waals surface area contributed by atoms with Crippen LogP contribution in [0.4, 0.5) is 0 Å². The summed E-state index contributed by atoms with van der Waals surface area (Å²) in [6.45, 7) is 1.77. The van der Waals surface area contributed by atoms with Gasteiger partial charge in [0.2, 0.25) is 21.1 Å². The van der Waals surface area contributed by atoms with Crippen LogP contribution in [0.25, 0.3) is 6.08 Å². The Morgan fingerprint density at radius 3 is 2.33 bits per heavy atom. The third kappa shape index (κ3) is 6.28. The minimum atomic E-state index is -3.53. The van der Waals surface area contributed by atoms with Crippen LogP contribution < -0.4 is 0 Å². The van der Waals surface area contributed by atoms with E-state index in [0.717, 1.165) is 11.1 Å². The van der Waals surface area contributed by atoms with Crippen LogP contribution in [0.1, 0.15) is 11.1 Å². The number of benzene rings is 2. The normalized spacial score (nSPS) is 15.2. The summed E-state index contributed by atoms with van der Waals surface area (Å²) in [7, 11) is -3.53. The summed E-state index contributed by atoms with van der Waals surface area (Å²) in [5.41, 5.74) is 1.89. The summed E-state index contributed by atoms with van der Waals surface area (Å²) in [5.74, 6) is 0.127. The van der Waals surface area contributed by atoms with E-state index in [1.807, 2.05) is 60.7 Å². The van der Waals surface area contributed by atoms with Crippen molar-refractivity contribution in [3.8, 4) is 0 Å².